The van der Waals surface area contributed by atoms with Crippen LogP contribution < -0.4 is 5.32 Å². The summed E-state index contributed by atoms with van der Waals surface area (Å²) >= 11 is 1.33. The van der Waals surface area contributed by atoms with Crippen molar-refractivity contribution in [3.8, 4) is 11.1 Å². The van der Waals surface area contributed by atoms with E-state index in [2.05, 4.69) is 10.3 Å². The maximum Gasteiger partial charge on any atom is 0.408 e. The van der Waals surface area contributed by atoms with Gasteiger partial charge < -0.3 is 29.7 Å². The molecule has 12 nitrogen and oxygen atoms in total. The number of carboxylic acids is 1. The number of carbonyl (C=O) groups excluding carboxylic acids is 3. The molecule has 0 bridgehead atoms. The van der Waals surface area contributed by atoms with Gasteiger partial charge in [-0.15, -0.1) is 11.8 Å². The summed E-state index contributed by atoms with van der Waals surface area (Å²) in [5, 5.41) is 22.2. The fourth-order valence-electron chi connectivity index (χ4n) is 6.87. The number of nitrogens with zero attached hydrogens (tertiary/aromatic N) is 2. The number of imide groups is 1. The van der Waals surface area contributed by atoms with Gasteiger partial charge in [-0.05, 0) is 51.6 Å². The summed E-state index contributed by atoms with van der Waals surface area (Å²) < 4.78 is 18.4. The van der Waals surface area contributed by atoms with E-state index in [0.29, 0.717) is 10.8 Å². The second-order valence-corrected chi connectivity index (χ2v) is 14.9. The van der Waals surface area contributed by atoms with Crippen molar-refractivity contribution in [2.75, 3.05) is 5.75 Å². The highest BCUT2D eigenvalue weighted by Crippen LogP contribution is 2.43. The molecule has 2 aliphatic heterocycles. The van der Waals surface area contributed by atoms with Crippen LogP contribution in [0.2, 0.25) is 0 Å². The van der Waals surface area contributed by atoms with Crippen LogP contribution >= 0.6 is 11.8 Å². The van der Waals surface area contributed by atoms with Crippen LogP contribution in [0.3, 0.4) is 0 Å². The number of carboxylic acid groups (broad SMARTS) is 1. The predicted molar refractivity (Wildman–Crippen MR) is 210 cm³/mol. The number of aliphatic hydroxyl groups is 1. The van der Waals surface area contributed by atoms with Gasteiger partial charge in [-0.2, -0.15) is 0 Å². The Labute approximate surface area is 333 Å². The fourth-order valence-corrected chi connectivity index (χ4v) is 8.02. The van der Waals surface area contributed by atoms with Gasteiger partial charge in [0.1, 0.15) is 17.7 Å². The van der Waals surface area contributed by atoms with Crippen molar-refractivity contribution in [2.24, 2.45) is 5.92 Å². The molecule has 57 heavy (non-hydrogen) atoms. The van der Waals surface area contributed by atoms with Gasteiger partial charge in [0.15, 0.2) is 6.29 Å². The molecule has 3 heterocycles. The van der Waals surface area contributed by atoms with Gasteiger partial charge >= 0.3 is 12.1 Å². The van der Waals surface area contributed by atoms with Gasteiger partial charge in [-0.3, -0.25) is 14.5 Å². The number of benzene rings is 4. The average molecular weight is 788 g/mol. The van der Waals surface area contributed by atoms with E-state index in [4.69, 9.17) is 14.2 Å². The quantitative estimate of drug-likeness (QED) is 0.0826. The van der Waals surface area contributed by atoms with E-state index in [1.807, 2.05) is 110 Å². The molecule has 0 spiro atoms. The number of aromatic nitrogens is 1. The standard InChI is InChI=1S/C44H41N3O9S/c1-27-37(26-57-40-35(42(51)52)11-6-20-45-40)55-43(56-39(27)32-14-12-28(24-48)13-15-32)33-18-16-31(17-19-33)34-10-5-9-30(21-34)23-47-38(49)22-36(41(47)50)46-44(53)54-25-29-7-3-2-4-8-29/h2-21,27,36-37,39,43,48H,22-26H2,1H3,(H,46,53)(H,51,52)/t27-,36?,37+,39+,43+/m0/s1. The maximum atomic E-state index is 13.2. The molecule has 2 fully saturated rings. The highest BCUT2D eigenvalue weighted by atomic mass is 32.2. The number of nitrogens with one attached hydrogen (secondary N) is 1. The van der Waals surface area contributed by atoms with Crippen LogP contribution in [0.25, 0.3) is 11.1 Å². The number of rotatable bonds is 13. The minimum absolute atomic E-state index is 0.0448. The molecule has 292 valence electrons. The molecule has 2 aliphatic rings. The molecule has 2 saturated heterocycles. The lowest BCUT2D eigenvalue weighted by Crippen LogP contribution is -2.41. The first kappa shape index (κ1) is 39.4. The number of alkyl carbamates (subject to hydrolysis) is 1. The van der Waals surface area contributed by atoms with Crippen LogP contribution in [0.1, 0.15) is 63.9 Å². The second kappa shape index (κ2) is 17.9. The van der Waals surface area contributed by atoms with Crippen LogP contribution in [-0.2, 0) is 43.6 Å². The van der Waals surface area contributed by atoms with Crippen molar-refractivity contribution in [1.29, 1.82) is 0 Å². The third kappa shape index (κ3) is 9.41. The zero-order valence-corrected chi connectivity index (χ0v) is 31.8. The summed E-state index contributed by atoms with van der Waals surface area (Å²) in [6, 6.07) is 34.2. The monoisotopic (exact) mass is 787 g/mol. The van der Waals surface area contributed by atoms with E-state index < -0.39 is 30.3 Å². The molecular formula is C44H41N3O9S. The Hall–Kier alpha value is -5.86. The molecule has 1 unspecified atom stereocenters. The lowest BCUT2D eigenvalue weighted by Gasteiger charge is -2.41. The summed E-state index contributed by atoms with van der Waals surface area (Å²) in [6.45, 7) is 2.07. The minimum Gasteiger partial charge on any atom is -0.478 e. The van der Waals surface area contributed by atoms with Crippen LogP contribution in [0, 0.1) is 5.92 Å². The number of aromatic carboxylic acids is 1. The third-order valence-electron chi connectivity index (χ3n) is 10.0. The first-order chi connectivity index (χ1) is 27.7. The zero-order valence-electron chi connectivity index (χ0n) is 31.0. The molecular weight excluding hydrogens is 747 g/mol. The van der Waals surface area contributed by atoms with Crippen molar-refractivity contribution in [3.05, 3.63) is 155 Å². The molecule has 0 aliphatic carbocycles. The largest absolute Gasteiger partial charge is 0.478 e. The number of hydrogen-bond acceptors (Lipinski definition) is 10. The number of thioether (sulfide) groups is 1. The Balaban J connectivity index is 1.03. The summed E-state index contributed by atoms with van der Waals surface area (Å²) in [5.74, 6) is -1.59. The fraction of sp³-hybridized carbons (Fsp3) is 0.250. The Morgan fingerprint density at radius 1 is 0.860 bits per heavy atom. The summed E-state index contributed by atoms with van der Waals surface area (Å²) in [7, 11) is 0. The molecule has 3 amide bonds. The van der Waals surface area contributed by atoms with Crippen LogP contribution in [0.4, 0.5) is 4.79 Å². The normalized spacial score (nSPS) is 20.7. The van der Waals surface area contributed by atoms with E-state index in [0.717, 1.165) is 43.8 Å². The highest BCUT2D eigenvalue weighted by Gasteiger charge is 2.40. The van der Waals surface area contributed by atoms with Gasteiger partial charge in [-0.25, -0.2) is 14.6 Å². The molecule has 0 saturated carbocycles. The van der Waals surface area contributed by atoms with Crippen molar-refractivity contribution in [2.45, 2.75) is 62.7 Å². The SMILES string of the molecule is C[C@H]1[C@@H](CSc2ncccc2C(=O)O)O[C@@H](c2ccc(-c3cccc(CN4C(=O)CC(NC(=O)OCc5ccccc5)C4=O)c3)cc2)O[C@H]1c1ccc(CO)cc1. The number of carbonyl (C=O) groups is 4. The van der Waals surface area contributed by atoms with Gasteiger partial charge in [0.25, 0.3) is 5.91 Å². The molecule has 4 aromatic carbocycles. The van der Waals surface area contributed by atoms with Crippen LogP contribution in [0.15, 0.2) is 126 Å². The van der Waals surface area contributed by atoms with Crippen molar-refractivity contribution >= 4 is 35.6 Å². The zero-order chi connectivity index (χ0) is 39.9. The summed E-state index contributed by atoms with van der Waals surface area (Å²) in [4.78, 5) is 55.8. The maximum absolute atomic E-state index is 13.2. The van der Waals surface area contributed by atoms with Crippen molar-refractivity contribution < 1.29 is 43.6 Å². The van der Waals surface area contributed by atoms with Crippen LogP contribution in [0.5, 0.6) is 0 Å². The lowest BCUT2D eigenvalue weighted by atomic mass is 9.91. The number of amides is 3. The van der Waals surface area contributed by atoms with Gasteiger partial charge in [0, 0.05) is 23.4 Å². The molecule has 3 N–H and O–H groups in total. The summed E-state index contributed by atoms with van der Waals surface area (Å²) in [5.41, 5.74) is 5.94. The van der Waals surface area contributed by atoms with E-state index >= 15 is 0 Å². The number of pyridine rings is 1. The van der Waals surface area contributed by atoms with E-state index in [1.165, 1.54) is 17.8 Å². The number of likely N-dealkylation sites (tertiary alicyclic amines) is 1. The predicted octanol–water partition coefficient (Wildman–Crippen LogP) is 7.08. The van der Waals surface area contributed by atoms with E-state index in [1.54, 1.807) is 12.3 Å². The number of aliphatic hydroxyl groups excluding tert-OH is 1. The molecule has 13 heteroatoms. The molecule has 7 rings (SSSR count). The Kier molecular flexibility index (Phi) is 12.4. The Morgan fingerprint density at radius 3 is 2.33 bits per heavy atom. The first-order valence-electron chi connectivity index (χ1n) is 18.5. The first-order valence-corrected chi connectivity index (χ1v) is 19.5. The van der Waals surface area contributed by atoms with Gasteiger partial charge in [0.2, 0.25) is 5.91 Å². The molecule has 5 atom stereocenters. The lowest BCUT2D eigenvalue weighted by molar-refractivity contribution is -0.268. The van der Waals surface area contributed by atoms with Crippen LogP contribution in [-0.4, -0.2) is 61.9 Å². The Bertz CT molecular complexity index is 2220. The highest BCUT2D eigenvalue weighted by molar-refractivity contribution is 7.99. The summed E-state index contributed by atoms with van der Waals surface area (Å²) in [6.07, 6.45) is -0.764. The number of hydrogen-bond donors (Lipinski definition) is 3. The average Bonchev–Trinajstić information content (AvgIpc) is 3.50. The molecule has 1 aromatic heterocycles. The topological polar surface area (TPSA) is 165 Å². The smallest absolute Gasteiger partial charge is 0.408 e. The molecule has 0 radical (unpaired) electrons. The van der Waals surface area contributed by atoms with Gasteiger partial charge in [0.05, 0.1) is 37.3 Å². The second-order valence-electron chi connectivity index (χ2n) is 13.9. The van der Waals surface area contributed by atoms with Crippen molar-refractivity contribution in [1.82, 2.24) is 15.2 Å². The molecule has 5 aromatic rings. The van der Waals surface area contributed by atoms with Crippen molar-refractivity contribution in [3.63, 3.8) is 0 Å². The Morgan fingerprint density at radius 2 is 1.60 bits per heavy atom. The van der Waals surface area contributed by atoms with E-state index in [9.17, 15) is 29.4 Å². The van der Waals surface area contributed by atoms with Gasteiger partial charge in [-0.1, -0.05) is 104 Å². The third-order valence-corrected chi connectivity index (χ3v) is 11.1. The number of ether oxygens (including phenoxy) is 3. The minimum atomic E-state index is -1.05. The van der Waals surface area contributed by atoms with E-state index in [-0.39, 0.29) is 55.8 Å².